The summed E-state index contributed by atoms with van der Waals surface area (Å²) in [5, 5.41) is 90.8. The molecule has 9 N–H and O–H groups in total. The van der Waals surface area contributed by atoms with Gasteiger partial charge in [0.2, 0.25) is 23.8 Å². The third-order valence-electron chi connectivity index (χ3n) is 7.17. The number of fused-ring (bicyclic) bond motifs is 1. The Bertz CT molecular complexity index is 1470. The van der Waals surface area contributed by atoms with E-state index in [4.69, 9.17) is 23.4 Å². The number of hydrogen-bond acceptors (Lipinski definition) is 15. The van der Waals surface area contributed by atoms with Gasteiger partial charge in [-0.05, 0) is 31.2 Å². The lowest BCUT2D eigenvalue weighted by atomic mass is 9.99. The summed E-state index contributed by atoms with van der Waals surface area (Å²) < 4.78 is 28.2. The summed E-state index contributed by atoms with van der Waals surface area (Å²) in [6, 6.07) is 7.44. The van der Waals surface area contributed by atoms with Gasteiger partial charge >= 0.3 is 0 Å². The van der Waals surface area contributed by atoms with E-state index < -0.39 is 90.7 Å². The highest BCUT2D eigenvalue weighted by Gasteiger charge is 2.46. The summed E-state index contributed by atoms with van der Waals surface area (Å²) in [5.74, 6) is -1.76. The zero-order chi connectivity index (χ0) is 30.5. The molecule has 0 aliphatic carbocycles. The number of rotatable bonds is 6. The number of hydrogen-bond donors (Lipinski definition) is 9. The topological polar surface area (TPSA) is 249 Å². The maximum atomic E-state index is 14.0. The second kappa shape index (κ2) is 11.6. The fourth-order valence-corrected chi connectivity index (χ4v) is 4.77. The Hall–Kier alpha value is -3.51. The number of aromatic hydroxyl groups is 2. The summed E-state index contributed by atoms with van der Waals surface area (Å²) in [6.45, 7) is 0.666. The maximum Gasteiger partial charge on any atom is 0.239 e. The molecule has 2 aliphatic heterocycles. The van der Waals surface area contributed by atoms with Gasteiger partial charge in [0.05, 0.1) is 12.7 Å². The molecule has 0 bridgehead atoms. The van der Waals surface area contributed by atoms with Crippen molar-refractivity contribution in [3.8, 4) is 34.3 Å². The predicted octanol–water partition coefficient (Wildman–Crippen LogP) is -1.74. The molecule has 15 nitrogen and oxygen atoms in total. The van der Waals surface area contributed by atoms with Crippen LogP contribution in [0.25, 0.3) is 22.3 Å². The molecular formula is C27H30O15. The van der Waals surface area contributed by atoms with Crippen molar-refractivity contribution in [3.05, 3.63) is 46.6 Å². The molecule has 0 spiro atoms. The zero-order valence-electron chi connectivity index (χ0n) is 21.9. The SMILES string of the molecule is C[C@H]1OC(Oc2c(-c3ccc(O)cc3)oc3cc(O)cc(OC4O[C@H](CO)[C@@H](O)[C@H](O)[C@H]4O)c3c2=O)[C@@H](O)[C@@H](O)[C@@H]1O. The highest BCUT2D eigenvalue weighted by Crippen LogP contribution is 2.39. The molecule has 42 heavy (non-hydrogen) atoms. The summed E-state index contributed by atoms with van der Waals surface area (Å²) in [7, 11) is 0. The Morgan fingerprint density at radius 1 is 0.762 bits per heavy atom. The van der Waals surface area contributed by atoms with Crippen molar-refractivity contribution in [2.24, 2.45) is 0 Å². The van der Waals surface area contributed by atoms with E-state index in [-0.39, 0.29) is 28.0 Å². The summed E-state index contributed by atoms with van der Waals surface area (Å²) >= 11 is 0. The van der Waals surface area contributed by atoms with Gasteiger partial charge in [-0.25, -0.2) is 0 Å². The number of aliphatic hydroxyl groups excluding tert-OH is 7. The van der Waals surface area contributed by atoms with Crippen LogP contribution in [-0.4, -0.2) is 114 Å². The Morgan fingerprint density at radius 3 is 2.02 bits per heavy atom. The van der Waals surface area contributed by atoms with Gasteiger partial charge in [-0.1, -0.05) is 0 Å². The number of benzene rings is 2. The molecule has 0 saturated carbocycles. The highest BCUT2D eigenvalue weighted by molar-refractivity contribution is 5.88. The fourth-order valence-electron chi connectivity index (χ4n) is 4.77. The van der Waals surface area contributed by atoms with E-state index in [9.17, 15) is 50.8 Å². The van der Waals surface area contributed by atoms with Gasteiger partial charge < -0.3 is 69.3 Å². The largest absolute Gasteiger partial charge is 0.508 e. The van der Waals surface area contributed by atoms with E-state index in [1.807, 2.05) is 0 Å². The van der Waals surface area contributed by atoms with Crippen LogP contribution in [-0.2, 0) is 9.47 Å². The van der Waals surface area contributed by atoms with Crippen molar-refractivity contribution >= 4 is 11.0 Å². The number of ether oxygens (including phenoxy) is 4. The molecule has 228 valence electrons. The average Bonchev–Trinajstić information content (AvgIpc) is 2.96. The van der Waals surface area contributed by atoms with Crippen LogP contribution in [0.5, 0.6) is 23.0 Å². The van der Waals surface area contributed by atoms with E-state index in [1.165, 1.54) is 31.2 Å². The molecule has 3 aromatic rings. The van der Waals surface area contributed by atoms with Crippen LogP contribution in [0.3, 0.4) is 0 Å². The molecule has 2 unspecified atom stereocenters. The third-order valence-corrected chi connectivity index (χ3v) is 7.17. The Balaban J connectivity index is 1.64. The van der Waals surface area contributed by atoms with E-state index >= 15 is 0 Å². The normalized spacial score (nSPS) is 33.4. The van der Waals surface area contributed by atoms with Gasteiger partial charge in [0, 0.05) is 17.7 Å². The van der Waals surface area contributed by atoms with Crippen LogP contribution >= 0.6 is 0 Å². The monoisotopic (exact) mass is 594 g/mol. The van der Waals surface area contributed by atoms with Crippen molar-refractivity contribution in [2.75, 3.05) is 6.61 Å². The van der Waals surface area contributed by atoms with Gasteiger partial charge in [-0.15, -0.1) is 0 Å². The molecule has 2 aromatic carbocycles. The molecule has 0 amide bonds. The lowest BCUT2D eigenvalue weighted by Crippen LogP contribution is -2.60. The molecule has 5 rings (SSSR count). The van der Waals surface area contributed by atoms with Crippen molar-refractivity contribution in [2.45, 2.75) is 68.3 Å². The van der Waals surface area contributed by atoms with E-state index in [1.54, 1.807) is 0 Å². The van der Waals surface area contributed by atoms with Gasteiger partial charge in [-0.3, -0.25) is 4.79 Å². The molecule has 0 radical (unpaired) electrons. The van der Waals surface area contributed by atoms with Gasteiger partial charge in [-0.2, -0.15) is 0 Å². The first-order valence-corrected chi connectivity index (χ1v) is 12.9. The average molecular weight is 595 g/mol. The molecule has 2 saturated heterocycles. The first kappa shape index (κ1) is 30.0. The second-order valence-electron chi connectivity index (χ2n) is 10.1. The van der Waals surface area contributed by atoms with Crippen molar-refractivity contribution in [1.29, 1.82) is 0 Å². The highest BCUT2D eigenvalue weighted by atomic mass is 16.7. The van der Waals surface area contributed by atoms with Crippen LogP contribution in [0.4, 0.5) is 0 Å². The Labute approximate surface area is 236 Å². The minimum Gasteiger partial charge on any atom is -0.508 e. The third kappa shape index (κ3) is 5.37. The minimum absolute atomic E-state index is 0.103. The van der Waals surface area contributed by atoms with Crippen LogP contribution in [0.15, 0.2) is 45.6 Å². The van der Waals surface area contributed by atoms with Crippen LogP contribution in [0.2, 0.25) is 0 Å². The van der Waals surface area contributed by atoms with E-state index in [0.717, 1.165) is 12.1 Å². The second-order valence-corrected chi connectivity index (χ2v) is 10.1. The van der Waals surface area contributed by atoms with Gasteiger partial charge in [0.1, 0.15) is 70.9 Å². The zero-order valence-corrected chi connectivity index (χ0v) is 21.9. The smallest absolute Gasteiger partial charge is 0.239 e. The molecule has 2 aliphatic rings. The predicted molar refractivity (Wildman–Crippen MR) is 139 cm³/mol. The van der Waals surface area contributed by atoms with Gasteiger partial charge in [0.15, 0.2) is 5.76 Å². The first-order chi connectivity index (χ1) is 19.9. The van der Waals surface area contributed by atoms with E-state index in [0.29, 0.717) is 0 Å². The Morgan fingerprint density at radius 2 is 1.38 bits per heavy atom. The standard InChI is InChI=1S/C27H30O15/c1-9-17(31)20(34)22(36)26(38-9)42-25-19(33)16-13(39-24(25)10-2-4-11(29)5-3-10)6-12(30)7-14(16)40-27-23(37)21(35)18(32)15(8-28)41-27/h2-7,9,15,17-18,20-23,26-32,34-37H,8H2,1H3/t9-,15-,17-,18-,20+,21+,22+,23-,26?,27?/m1/s1. The van der Waals surface area contributed by atoms with E-state index in [2.05, 4.69) is 0 Å². The summed E-state index contributed by atoms with van der Waals surface area (Å²) in [4.78, 5) is 14.0. The summed E-state index contributed by atoms with van der Waals surface area (Å²) in [5.41, 5.74) is -0.979. The first-order valence-electron chi connectivity index (χ1n) is 12.9. The molecule has 15 heteroatoms. The van der Waals surface area contributed by atoms with Crippen molar-refractivity contribution in [3.63, 3.8) is 0 Å². The fraction of sp³-hybridized carbons (Fsp3) is 0.444. The van der Waals surface area contributed by atoms with Crippen molar-refractivity contribution < 1.29 is 69.3 Å². The lowest BCUT2D eigenvalue weighted by molar-refractivity contribution is -0.277. The maximum absolute atomic E-state index is 14.0. The van der Waals surface area contributed by atoms with Crippen LogP contribution in [0, 0.1) is 0 Å². The van der Waals surface area contributed by atoms with Crippen molar-refractivity contribution in [1.82, 2.24) is 0 Å². The quantitative estimate of drug-likeness (QED) is 0.154. The van der Waals surface area contributed by atoms with Crippen LogP contribution in [0.1, 0.15) is 6.92 Å². The minimum atomic E-state index is -1.85. The lowest BCUT2D eigenvalue weighted by Gasteiger charge is -2.39. The molecule has 1 aromatic heterocycles. The van der Waals surface area contributed by atoms with Crippen LogP contribution < -0.4 is 14.9 Å². The molecule has 2 fully saturated rings. The molecular weight excluding hydrogens is 564 g/mol. The number of aliphatic hydroxyl groups is 7. The number of phenols is 2. The molecule has 10 atom stereocenters. The van der Waals surface area contributed by atoms with Gasteiger partial charge in [0.25, 0.3) is 0 Å². The number of phenolic OH excluding ortho intramolecular Hbond substituents is 2. The Kier molecular flexibility index (Phi) is 8.30. The summed E-state index contributed by atoms with van der Waals surface area (Å²) in [6.07, 6.45) is -16.0. The molecule has 3 heterocycles.